The van der Waals surface area contributed by atoms with Gasteiger partial charge in [0.1, 0.15) is 5.75 Å². The van der Waals surface area contributed by atoms with Crippen LogP contribution in [0.15, 0.2) is 24.3 Å². The van der Waals surface area contributed by atoms with Crippen LogP contribution in [0.5, 0.6) is 5.75 Å². The Morgan fingerprint density at radius 2 is 2.16 bits per heavy atom. The average Bonchev–Trinajstić information content (AvgIpc) is 2.96. The number of benzene rings is 1. The fourth-order valence-corrected chi connectivity index (χ4v) is 1.95. The van der Waals surface area contributed by atoms with Gasteiger partial charge in [0.2, 0.25) is 5.91 Å². The molecule has 0 aromatic heterocycles. The minimum Gasteiger partial charge on any atom is -0.482 e. The first-order chi connectivity index (χ1) is 8.88. The van der Waals surface area contributed by atoms with E-state index in [9.17, 15) is 9.59 Å². The number of ether oxygens (including phenoxy) is 1. The van der Waals surface area contributed by atoms with Crippen LogP contribution in [0.2, 0.25) is 0 Å². The van der Waals surface area contributed by atoms with Gasteiger partial charge in [0, 0.05) is 17.7 Å². The molecular formula is C14H17NO4. The summed E-state index contributed by atoms with van der Waals surface area (Å²) in [5, 5.41) is 11.4. The molecule has 2 N–H and O–H groups in total. The largest absolute Gasteiger partial charge is 0.482 e. The molecule has 19 heavy (non-hydrogen) atoms. The Hall–Kier alpha value is -2.04. The third kappa shape index (κ3) is 3.47. The molecule has 0 bridgehead atoms. The normalized spacial score (nSPS) is 19.6. The molecule has 0 radical (unpaired) electrons. The number of carboxylic acids is 1. The zero-order valence-corrected chi connectivity index (χ0v) is 11.0. The van der Waals surface area contributed by atoms with Crippen molar-refractivity contribution >= 4 is 17.6 Å². The number of aliphatic carboxylic acids is 1. The second-order valence-corrected chi connectivity index (χ2v) is 5.44. The van der Waals surface area contributed by atoms with Crippen LogP contribution < -0.4 is 10.1 Å². The molecule has 1 saturated carbocycles. The first-order valence-electron chi connectivity index (χ1n) is 6.14. The SMILES string of the molecule is CC1(C)CC1C(=O)Nc1cccc(OCC(=O)O)c1. The van der Waals surface area contributed by atoms with E-state index in [4.69, 9.17) is 9.84 Å². The van der Waals surface area contributed by atoms with Crippen LogP contribution in [0.25, 0.3) is 0 Å². The summed E-state index contributed by atoms with van der Waals surface area (Å²) in [4.78, 5) is 22.3. The van der Waals surface area contributed by atoms with Crippen molar-refractivity contribution in [1.82, 2.24) is 0 Å². The lowest BCUT2D eigenvalue weighted by Crippen LogP contribution is -2.16. The zero-order valence-electron chi connectivity index (χ0n) is 11.0. The second kappa shape index (κ2) is 4.91. The molecule has 0 heterocycles. The molecular weight excluding hydrogens is 246 g/mol. The van der Waals surface area contributed by atoms with Gasteiger partial charge in [0.25, 0.3) is 0 Å². The maximum Gasteiger partial charge on any atom is 0.341 e. The number of carbonyl (C=O) groups excluding carboxylic acids is 1. The molecule has 0 aliphatic heterocycles. The first-order valence-corrected chi connectivity index (χ1v) is 6.14. The van der Waals surface area contributed by atoms with Crippen molar-refractivity contribution in [2.45, 2.75) is 20.3 Å². The van der Waals surface area contributed by atoms with Gasteiger partial charge in [-0.1, -0.05) is 19.9 Å². The molecule has 1 aromatic carbocycles. The third-order valence-corrected chi connectivity index (χ3v) is 3.29. The number of hydrogen-bond donors (Lipinski definition) is 2. The van der Waals surface area contributed by atoms with E-state index in [-0.39, 0.29) is 17.2 Å². The lowest BCUT2D eigenvalue weighted by Gasteiger charge is -2.08. The predicted molar refractivity (Wildman–Crippen MR) is 70.1 cm³/mol. The number of rotatable bonds is 5. The van der Waals surface area contributed by atoms with Crippen LogP contribution in [0.1, 0.15) is 20.3 Å². The Labute approximate surface area is 111 Å². The molecule has 102 valence electrons. The van der Waals surface area contributed by atoms with Gasteiger partial charge >= 0.3 is 5.97 Å². The van der Waals surface area contributed by atoms with E-state index < -0.39 is 12.6 Å². The van der Waals surface area contributed by atoms with Gasteiger partial charge in [0.15, 0.2) is 6.61 Å². The van der Waals surface area contributed by atoms with Gasteiger partial charge in [-0.15, -0.1) is 0 Å². The summed E-state index contributed by atoms with van der Waals surface area (Å²) < 4.78 is 5.06. The Kier molecular flexibility index (Phi) is 3.46. The van der Waals surface area contributed by atoms with Crippen LogP contribution in [0.4, 0.5) is 5.69 Å². The molecule has 1 unspecified atom stereocenters. The molecule has 2 rings (SSSR count). The average molecular weight is 263 g/mol. The third-order valence-electron chi connectivity index (χ3n) is 3.29. The van der Waals surface area contributed by atoms with Crippen molar-refractivity contribution < 1.29 is 19.4 Å². The predicted octanol–water partition coefficient (Wildman–Crippen LogP) is 2.13. The lowest BCUT2D eigenvalue weighted by molar-refractivity contribution is -0.139. The van der Waals surface area contributed by atoms with Crippen LogP contribution >= 0.6 is 0 Å². The molecule has 1 aromatic rings. The first kappa shape index (κ1) is 13.4. The molecule has 5 heteroatoms. The Bertz CT molecular complexity index is 510. The van der Waals surface area contributed by atoms with Crippen molar-refractivity contribution in [2.75, 3.05) is 11.9 Å². The fraction of sp³-hybridized carbons (Fsp3) is 0.429. The van der Waals surface area contributed by atoms with Gasteiger partial charge in [-0.2, -0.15) is 0 Å². The van der Waals surface area contributed by atoms with E-state index in [1.165, 1.54) is 0 Å². The van der Waals surface area contributed by atoms with Crippen molar-refractivity contribution in [3.05, 3.63) is 24.3 Å². The number of amides is 1. The minimum absolute atomic E-state index is 0.000356. The van der Waals surface area contributed by atoms with Crippen LogP contribution in [0.3, 0.4) is 0 Å². The number of hydrogen-bond acceptors (Lipinski definition) is 3. The maximum absolute atomic E-state index is 11.9. The summed E-state index contributed by atoms with van der Waals surface area (Å²) in [6.45, 7) is 3.72. The zero-order chi connectivity index (χ0) is 14.0. The van der Waals surface area contributed by atoms with Gasteiger partial charge < -0.3 is 15.2 Å². The monoisotopic (exact) mass is 263 g/mol. The van der Waals surface area contributed by atoms with Crippen molar-refractivity contribution in [3.8, 4) is 5.75 Å². The number of carboxylic acid groups (broad SMARTS) is 1. The molecule has 1 aliphatic rings. The number of carbonyl (C=O) groups is 2. The van der Waals surface area contributed by atoms with Gasteiger partial charge in [-0.25, -0.2) is 4.79 Å². The van der Waals surface area contributed by atoms with Crippen molar-refractivity contribution in [1.29, 1.82) is 0 Å². The van der Waals surface area contributed by atoms with Crippen molar-refractivity contribution in [2.24, 2.45) is 11.3 Å². The molecule has 5 nitrogen and oxygen atoms in total. The van der Waals surface area contributed by atoms with Crippen LogP contribution in [0, 0.1) is 11.3 Å². The molecule has 1 fully saturated rings. The summed E-state index contributed by atoms with van der Waals surface area (Å²) in [5.74, 6) is -0.555. The van der Waals surface area contributed by atoms with E-state index in [0.29, 0.717) is 11.4 Å². The van der Waals surface area contributed by atoms with Gasteiger partial charge in [-0.05, 0) is 24.0 Å². The highest BCUT2D eigenvalue weighted by Crippen LogP contribution is 2.52. The van der Waals surface area contributed by atoms with Gasteiger partial charge in [0.05, 0.1) is 0 Å². The minimum atomic E-state index is -1.03. The quantitative estimate of drug-likeness (QED) is 0.853. The molecule has 1 aliphatic carbocycles. The topological polar surface area (TPSA) is 75.6 Å². The van der Waals surface area contributed by atoms with Gasteiger partial charge in [-0.3, -0.25) is 4.79 Å². The molecule has 0 saturated heterocycles. The summed E-state index contributed by atoms with van der Waals surface area (Å²) in [6, 6.07) is 6.74. The standard InChI is InChI=1S/C14H17NO4/c1-14(2)7-11(14)13(18)15-9-4-3-5-10(6-9)19-8-12(16)17/h3-6,11H,7-8H2,1-2H3,(H,15,18)(H,16,17). The highest BCUT2D eigenvalue weighted by atomic mass is 16.5. The number of anilines is 1. The summed E-state index contributed by atoms with van der Waals surface area (Å²) in [6.07, 6.45) is 0.897. The summed E-state index contributed by atoms with van der Waals surface area (Å²) in [7, 11) is 0. The molecule has 1 atom stereocenters. The van der Waals surface area contributed by atoms with E-state index in [2.05, 4.69) is 19.2 Å². The Balaban J connectivity index is 1.95. The van der Waals surface area contributed by atoms with Crippen molar-refractivity contribution in [3.63, 3.8) is 0 Å². The van der Waals surface area contributed by atoms with Crippen LogP contribution in [-0.2, 0) is 9.59 Å². The Morgan fingerprint density at radius 1 is 1.47 bits per heavy atom. The fourth-order valence-electron chi connectivity index (χ4n) is 1.95. The molecule has 0 spiro atoms. The van der Waals surface area contributed by atoms with Crippen LogP contribution in [-0.4, -0.2) is 23.6 Å². The van der Waals surface area contributed by atoms with E-state index in [1.54, 1.807) is 24.3 Å². The summed E-state index contributed by atoms with van der Waals surface area (Å²) in [5.41, 5.74) is 0.706. The smallest absolute Gasteiger partial charge is 0.341 e. The highest BCUT2D eigenvalue weighted by molar-refractivity contribution is 5.95. The Morgan fingerprint density at radius 3 is 2.74 bits per heavy atom. The second-order valence-electron chi connectivity index (χ2n) is 5.44. The number of nitrogens with one attached hydrogen (secondary N) is 1. The van der Waals surface area contributed by atoms with E-state index in [0.717, 1.165) is 6.42 Å². The maximum atomic E-state index is 11.9. The highest BCUT2D eigenvalue weighted by Gasteiger charge is 2.50. The summed E-state index contributed by atoms with van der Waals surface area (Å²) >= 11 is 0. The molecule has 1 amide bonds. The lowest BCUT2D eigenvalue weighted by atomic mass is 10.1. The van der Waals surface area contributed by atoms with E-state index >= 15 is 0 Å². The van der Waals surface area contributed by atoms with E-state index in [1.807, 2.05) is 0 Å².